The maximum Gasteiger partial charge on any atom is 0.293 e. The van der Waals surface area contributed by atoms with Crippen LogP contribution < -0.4 is 10.6 Å². The molecular formula is C23H23N3O3. The zero-order valence-electron chi connectivity index (χ0n) is 16.4. The summed E-state index contributed by atoms with van der Waals surface area (Å²) in [7, 11) is 0. The van der Waals surface area contributed by atoms with Gasteiger partial charge in [-0.3, -0.25) is 20.2 Å². The number of nitro benzene ring substituents is 1. The third-order valence-electron chi connectivity index (χ3n) is 4.91. The molecule has 6 heteroatoms. The molecule has 0 fully saturated rings. The summed E-state index contributed by atoms with van der Waals surface area (Å²) < 4.78 is 0. The number of aryl methyl sites for hydroxylation is 1. The Balaban J connectivity index is 1.78. The Labute approximate surface area is 169 Å². The minimum Gasteiger partial charge on any atom is -0.319 e. The highest BCUT2D eigenvalue weighted by Gasteiger charge is 2.20. The number of nitro groups is 1. The molecule has 0 aliphatic rings. The lowest BCUT2D eigenvalue weighted by atomic mass is 9.99. The molecule has 6 nitrogen and oxygen atoms in total. The van der Waals surface area contributed by atoms with Gasteiger partial charge in [-0.1, -0.05) is 66.7 Å². The summed E-state index contributed by atoms with van der Waals surface area (Å²) in [5.41, 5.74) is 3.77. The van der Waals surface area contributed by atoms with Crippen LogP contribution in [0.15, 0.2) is 72.8 Å². The van der Waals surface area contributed by atoms with E-state index in [1.54, 1.807) is 13.0 Å². The molecule has 0 bridgehead atoms. The SMILES string of the molecule is Cc1ccc([N+](=O)[O-])c(NC(=O)CNC(c2ccccc2)c2ccccc2)c1C. The van der Waals surface area contributed by atoms with Crippen LogP contribution in [-0.2, 0) is 4.79 Å². The largest absolute Gasteiger partial charge is 0.319 e. The maximum absolute atomic E-state index is 12.6. The van der Waals surface area contributed by atoms with Gasteiger partial charge < -0.3 is 5.32 Å². The molecule has 3 rings (SSSR count). The molecular weight excluding hydrogens is 366 g/mol. The van der Waals surface area contributed by atoms with E-state index in [1.165, 1.54) is 6.07 Å². The summed E-state index contributed by atoms with van der Waals surface area (Å²) in [6, 6.07) is 22.6. The van der Waals surface area contributed by atoms with Crippen molar-refractivity contribution in [3.63, 3.8) is 0 Å². The van der Waals surface area contributed by atoms with E-state index < -0.39 is 4.92 Å². The Morgan fingerprint density at radius 1 is 0.931 bits per heavy atom. The molecule has 0 saturated heterocycles. The molecule has 0 aliphatic heterocycles. The van der Waals surface area contributed by atoms with Crippen molar-refractivity contribution in [2.45, 2.75) is 19.9 Å². The molecule has 0 saturated carbocycles. The van der Waals surface area contributed by atoms with Gasteiger partial charge in [-0.15, -0.1) is 0 Å². The Morgan fingerprint density at radius 3 is 2.00 bits per heavy atom. The van der Waals surface area contributed by atoms with Gasteiger partial charge in [-0.05, 0) is 36.1 Å². The number of carbonyl (C=O) groups excluding carboxylic acids is 1. The van der Waals surface area contributed by atoms with Crippen LogP contribution in [0.25, 0.3) is 0 Å². The lowest BCUT2D eigenvalue weighted by Crippen LogP contribution is -2.32. The highest BCUT2D eigenvalue weighted by Crippen LogP contribution is 2.30. The molecule has 1 amide bonds. The highest BCUT2D eigenvalue weighted by molar-refractivity contribution is 5.95. The van der Waals surface area contributed by atoms with E-state index in [2.05, 4.69) is 10.6 Å². The van der Waals surface area contributed by atoms with Crippen LogP contribution in [0.3, 0.4) is 0 Å². The van der Waals surface area contributed by atoms with Crippen molar-refractivity contribution in [3.05, 3.63) is 105 Å². The number of nitrogens with zero attached hydrogens (tertiary/aromatic N) is 1. The topological polar surface area (TPSA) is 84.3 Å². The van der Waals surface area contributed by atoms with Gasteiger partial charge >= 0.3 is 0 Å². The molecule has 0 radical (unpaired) electrons. The van der Waals surface area contributed by atoms with Crippen molar-refractivity contribution in [1.29, 1.82) is 0 Å². The smallest absolute Gasteiger partial charge is 0.293 e. The van der Waals surface area contributed by atoms with Crippen molar-refractivity contribution >= 4 is 17.3 Å². The molecule has 29 heavy (non-hydrogen) atoms. The second-order valence-electron chi connectivity index (χ2n) is 6.84. The number of amides is 1. The van der Waals surface area contributed by atoms with E-state index in [4.69, 9.17) is 0 Å². The average molecular weight is 389 g/mol. The van der Waals surface area contributed by atoms with Gasteiger partial charge in [0.1, 0.15) is 5.69 Å². The molecule has 0 spiro atoms. The first-order valence-corrected chi connectivity index (χ1v) is 9.35. The van der Waals surface area contributed by atoms with Gasteiger partial charge in [-0.2, -0.15) is 0 Å². The summed E-state index contributed by atoms with van der Waals surface area (Å²) in [4.78, 5) is 23.5. The molecule has 148 valence electrons. The number of nitrogens with one attached hydrogen (secondary N) is 2. The van der Waals surface area contributed by atoms with Crippen LogP contribution in [0, 0.1) is 24.0 Å². The lowest BCUT2D eigenvalue weighted by Gasteiger charge is -2.20. The molecule has 0 heterocycles. The second-order valence-corrected chi connectivity index (χ2v) is 6.84. The van der Waals surface area contributed by atoms with Gasteiger partial charge in [0.25, 0.3) is 5.69 Å². The number of rotatable bonds is 7. The van der Waals surface area contributed by atoms with Gasteiger partial charge in [0.2, 0.25) is 5.91 Å². The van der Waals surface area contributed by atoms with E-state index in [0.717, 1.165) is 16.7 Å². The van der Waals surface area contributed by atoms with Gasteiger partial charge in [0.05, 0.1) is 17.5 Å². The van der Waals surface area contributed by atoms with Crippen molar-refractivity contribution in [2.24, 2.45) is 0 Å². The van der Waals surface area contributed by atoms with Gasteiger partial charge in [0, 0.05) is 6.07 Å². The molecule has 0 aliphatic carbocycles. The fourth-order valence-electron chi connectivity index (χ4n) is 3.21. The van der Waals surface area contributed by atoms with Gasteiger partial charge in [-0.25, -0.2) is 0 Å². The van der Waals surface area contributed by atoms with Crippen LogP contribution in [0.4, 0.5) is 11.4 Å². The van der Waals surface area contributed by atoms with E-state index in [9.17, 15) is 14.9 Å². The number of carbonyl (C=O) groups is 1. The number of anilines is 1. The van der Waals surface area contributed by atoms with Crippen LogP contribution in [0.1, 0.15) is 28.3 Å². The normalized spacial score (nSPS) is 10.7. The van der Waals surface area contributed by atoms with E-state index in [-0.39, 0.29) is 29.9 Å². The number of hydrogen-bond acceptors (Lipinski definition) is 4. The summed E-state index contributed by atoms with van der Waals surface area (Å²) in [6.45, 7) is 3.63. The van der Waals surface area contributed by atoms with Crippen molar-refractivity contribution in [2.75, 3.05) is 11.9 Å². The molecule has 0 aromatic heterocycles. The standard InChI is InChI=1S/C23H23N3O3/c1-16-13-14-20(26(28)29)22(17(16)2)25-21(27)15-24-23(18-9-5-3-6-10-18)19-11-7-4-8-12-19/h3-14,23-24H,15H2,1-2H3,(H,25,27). The third-order valence-corrected chi connectivity index (χ3v) is 4.91. The van der Waals surface area contributed by atoms with Crippen molar-refractivity contribution < 1.29 is 9.72 Å². The molecule has 3 aromatic carbocycles. The van der Waals surface area contributed by atoms with Crippen molar-refractivity contribution in [3.8, 4) is 0 Å². The predicted octanol–water partition coefficient (Wildman–Crippen LogP) is 4.53. The monoisotopic (exact) mass is 389 g/mol. The molecule has 2 N–H and O–H groups in total. The van der Waals surface area contributed by atoms with Crippen LogP contribution >= 0.6 is 0 Å². The van der Waals surface area contributed by atoms with E-state index in [1.807, 2.05) is 67.6 Å². The maximum atomic E-state index is 12.6. The Morgan fingerprint density at radius 2 is 1.48 bits per heavy atom. The van der Waals surface area contributed by atoms with Crippen LogP contribution in [0.2, 0.25) is 0 Å². The molecule has 0 atom stereocenters. The Kier molecular flexibility index (Phi) is 6.36. The average Bonchev–Trinajstić information content (AvgIpc) is 2.73. The highest BCUT2D eigenvalue weighted by atomic mass is 16.6. The van der Waals surface area contributed by atoms with E-state index >= 15 is 0 Å². The summed E-state index contributed by atoms with van der Waals surface area (Å²) in [5.74, 6) is -0.335. The zero-order valence-corrected chi connectivity index (χ0v) is 16.4. The first kappa shape index (κ1) is 20.2. The quantitative estimate of drug-likeness (QED) is 0.459. The van der Waals surface area contributed by atoms with Crippen LogP contribution in [0.5, 0.6) is 0 Å². The minimum atomic E-state index is -0.480. The zero-order chi connectivity index (χ0) is 20.8. The Hall–Kier alpha value is -3.51. The second kappa shape index (κ2) is 9.12. The summed E-state index contributed by atoms with van der Waals surface area (Å²) in [5, 5.41) is 17.3. The predicted molar refractivity (Wildman–Crippen MR) is 114 cm³/mol. The van der Waals surface area contributed by atoms with Gasteiger partial charge in [0.15, 0.2) is 0 Å². The molecule has 0 unspecified atom stereocenters. The fraction of sp³-hybridized carbons (Fsp3) is 0.174. The fourth-order valence-corrected chi connectivity index (χ4v) is 3.21. The first-order valence-electron chi connectivity index (χ1n) is 9.35. The number of hydrogen-bond donors (Lipinski definition) is 2. The first-order chi connectivity index (χ1) is 14.0. The minimum absolute atomic E-state index is 0.0129. The Bertz CT molecular complexity index is 965. The summed E-state index contributed by atoms with van der Waals surface area (Å²) >= 11 is 0. The van der Waals surface area contributed by atoms with Crippen molar-refractivity contribution in [1.82, 2.24) is 5.32 Å². The summed E-state index contributed by atoms with van der Waals surface area (Å²) in [6.07, 6.45) is 0. The number of benzene rings is 3. The lowest BCUT2D eigenvalue weighted by molar-refractivity contribution is -0.384. The third kappa shape index (κ3) is 4.86. The van der Waals surface area contributed by atoms with Crippen LogP contribution in [-0.4, -0.2) is 17.4 Å². The van der Waals surface area contributed by atoms with E-state index in [0.29, 0.717) is 5.56 Å². The molecule has 3 aromatic rings.